The Bertz CT molecular complexity index is 781. The number of amides is 2. The van der Waals surface area contributed by atoms with E-state index in [0.29, 0.717) is 10.8 Å². The van der Waals surface area contributed by atoms with Gasteiger partial charge in [-0.1, -0.05) is 43.1 Å². The molecule has 0 aliphatic carbocycles. The molecule has 0 spiro atoms. The summed E-state index contributed by atoms with van der Waals surface area (Å²) in [4.78, 5) is 41.7. The van der Waals surface area contributed by atoms with E-state index in [1.807, 2.05) is 20.8 Å². The lowest BCUT2D eigenvalue weighted by Gasteiger charge is -2.17. The highest BCUT2D eigenvalue weighted by Crippen LogP contribution is 2.27. The van der Waals surface area contributed by atoms with Crippen LogP contribution in [0.1, 0.15) is 57.5 Å². The highest BCUT2D eigenvalue weighted by Gasteiger charge is 2.39. The topological polar surface area (TPSA) is 89.7 Å². The van der Waals surface area contributed by atoms with Gasteiger partial charge in [-0.15, -0.1) is 0 Å². The molecule has 1 aromatic carbocycles. The van der Waals surface area contributed by atoms with Crippen molar-refractivity contribution in [3.63, 3.8) is 0 Å². The van der Waals surface area contributed by atoms with Crippen LogP contribution in [0.15, 0.2) is 35.1 Å². The summed E-state index contributed by atoms with van der Waals surface area (Å²) in [6, 6.07) is 6.27. The van der Waals surface area contributed by atoms with Crippen LogP contribution in [0.3, 0.4) is 0 Å². The second-order valence-corrected chi connectivity index (χ2v) is 6.16. The van der Waals surface area contributed by atoms with Gasteiger partial charge < -0.3 is 9.36 Å². The van der Waals surface area contributed by atoms with E-state index in [2.05, 4.69) is 5.16 Å². The predicted molar refractivity (Wildman–Crippen MR) is 77.6 cm³/mol. The minimum absolute atomic E-state index is 0.0778. The first kappa shape index (κ1) is 15.0. The molecule has 1 aliphatic rings. The van der Waals surface area contributed by atoms with Crippen LogP contribution in [-0.2, 0) is 10.3 Å². The third-order valence-electron chi connectivity index (χ3n) is 3.43. The maximum absolute atomic E-state index is 12.3. The number of aromatic nitrogens is 1. The molecule has 2 aromatic rings. The van der Waals surface area contributed by atoms with Crippen LogP contribution in [0, 0.1) is 0 Å². The normalized spacial score (nSPS) is 14.1. The van der Waals surface area contributed by atoms with E-state index in [9.17, 15) is 14.4 Å². The molecule has 23 heavy (non-hydrogen) atoms. The van der Waals surface area contributed by atoms with Gasteiger partial charge in [-0.2, -0.15) is 0 Å². The fraction of sp³-hybridized carbons (Fsp3) is 0.250. The van der Waals surface area contributed by atoms with Crippen LogP contribution in [0.5, 0.6) is 0 Å². The Balaban J connectivity index is 1.87. The summed E-state index contributed by atoms with van der Waals surface area (Å²) < 4.78 is 4.83. The lowest BCUT2D eigenvalue weighted by molar-refractivity contribution is -0.0586. The molecule has 3 rings (SSSR count). The average Bonchev–Trinajstić information content (AvgIpc) is 3.08. The van der Waals surface area contributed by atoms with Crippen molar-refractivity contribution in [3.8, 4) is 0 Å². The maximum Gasteiger partial charge on any atom is 0.369 e. The highest BCUT2D eigenvalue weighted by molar-refractivity contribution is 6.21. The minimum Gasteiger partial charge on any atom is -0.364 e. The van der Waals surface area contributed by atoms with Gasteiger partial charge in [0, 0.05) is 5.41 Å². The lowest BCUT2D eigenvalue weighted by Crippen LogP contribution is -2.33. The average molecular weight is 314 g/mol. The lowest BCUT2D eigenvalue weighted by atomic mass is 9.90. The van der Waals surface area contributed by atoms with Crippen molar-refractivity contribution in [2.75, 3.05) is 0 Å². The zero-order valence-corrected chi connectivity index (χ0v) is 12.8. The molecule has 0 saturated carbocycles. The van der Waals surface area contributed by atoms with Gasteiger partial charge in [0.25, 0.3) is 11.8 Å². The Kier molecular flexibility index (Phi) is 3.28. The fourth-order valence-corrected chi connectivity index (χ4v) is 2.30. The molecular weight excluding hydrogens is 300 g/mol. The van der Waals surface area contributed by atoms with Crippen LogP contribution in [0.2, 0.25) is 0 Å². The van der Waals surface area contributed by atoms with Crippen LogP contribution in [0.25, 0.3) is 0 Å². The van der Waals surface area contributed by atoms with Crippen molar-refractivity contribution >= 4 is 17.8 Å². The predicted octanol–water partition coefficient (Wildman–Crippen LogP) is 2.34. The van der Waals surface area contributed by atoms with Gasteiger partial charge >= 0.3 is 5.97 Å². The number of hydrogen-bond acceptors (Lipinski definition) is 6. The van der Waals surface area contributed by atoms with Gasteiger partial charge in [0.1, 0.15) is 17.5 Å². The molecule has 0 radical (unpaired) electrons. The quantitative estimate of drug-likeness (QED) is 0.790. The molecule has 0 unspecified atom stereocenters. The van der Waals surface area contributed by atoms with Gasteiger partial charge in [0.05, 0.1) is 11.1 Å². The van der Waals surface area contributed by atoms with E-state index in [-0.39, 0.29) is 16.7 Å². The minimum atomic E-state index is -0.870. The first-order valence-corrected chi connectivity index (χ1v) is 6.95. The van der Waals surface area contributed by atoms with Crippen molar-refractivity contribution in [1.82, 2.24) is 10.2 Å². The fourth-order valence-electron chi connectivity index (χ4n) is 2.30. The molecular formula is C16H14N2O5. The van der Waals surface area contributed by atoms with E-state index in [0.717, 1.165) is 6.26 Å². The second kappa shape index (κ2) is 5.05. The molecule has 0 atom stereocenters. The molecule has 0 bridgehead atoms. The smallest absolute Gasteiger partial charge is 0.364 e. The number of fused-ring (bicyclic) bond motifs is 1. The third kappa shape index (κ3) is 2.40. The van der Waals surface area contributed by atoms with E-state index >= 15 is 0 Å². The van der Waals surface area contributed by atoms with E-state index < -0.39 is 23.2 Å². The summed E-state index contributed by atoms with van der Waals surface area (Å²) in [6.45, 7) is 5.55. The molecule has 0 fully saturated rings. The van der Waals surface area contributed by atoms with E-state index in [1.54, 1.807) is 12.1 Å². The van der Waals surface area contributed by atoms with E-state index in [4.69, 9.17) is 9.36 Å². The molecule has 1 aliphatic heterocycles. The number of nitrogens with zero attached hydrogens (tertiary/aromatic N) is 2. The molecule has 118 valence electrons. The van der Waals surface area contributed by atoms with E-state index in [1.165, 1.54) is 12.1 Å². The number of benzene rings is 1. The van der Waals surface area contributed by atoms with Crippen LogP contribution in [-0.4, -0.2) is 28.0 Å². The van der Waals surface area contributed by atoms with Crippen LogP contribution >= 0.6 is 0 Å². The monoisotopic (exact) mass is 314 g/mol. The number of hydroxylamine groups is 2. The Labute approximate surface area is 131 Å². The maximum atomic E-state index is 12.3. The summed E-state index contributed by atoms with van der Waals surface area (Å²) in [6.07, 6.45) is 1.14. The van der Waals surface area contributed by atoms with Crippen molar-refractivity contribution in [1.29, 1.82) is 0 Å². The summed E-state index contributed by atoms with van der Waals surface area (Å²) >= 11 is 0. The first-order valence-electron chi connectivity index (χ1n) is 6.95. The number of imide groups is 1. The third-order valence-corrected chi connectivity index (χ3v) is 3.43. The zero-order valence-electron chi connectivity index (χ0n) is 12.8. The highest BCUT2D eigenvalue weighted by atomic mass is 16.7. The molecule has 1 aromatic heterocycles. The zero-order chi connectivity index (χ0) is 16.8. The Morgan fingerprint density at radius 2 is 1.70 bits per heavy atom. The standard InChI is InChI=1S/C16H14N2O5/c1-16(2,3)12-11(8-22-17-12)15(21)23-18-13(19)9-6-4-5-7-10(9)14(18)20/h4-8H,1-3H3. The molecule has 0 N–H and O–H groups in total. The second-order valence-electron chi connectivity index (χ2n) is 6.16. The SMILES string of the molecule is CC(C)(C)c1nocc1C(=O)ON1C(=O)c2ccccc2C1=O. The molecule has 7 heteroatoms. The van der Waals surface area contributed by atoms with Crippen molar-refractivity contribution < 1.29 is 23.7 Å². The summed E-state index contributed by atoms with van der Waals surface area (Å²) in [7, 11) is 0. The van der Waals surface area contributed by atoms with Gasteiger partial charge in [-0.25, -0.2) is 4.79 Å². The number of carbonyl (C=O) groups excluding carboxylic acids is 3. The van der Waals surface area contributed by atoms with Crippen LogP contribution in [0.4, 0.5) is 0 Å². The first-order chi connectivity index (χ1) is 10.8. The van der Waals surface area contributed by atoms with Gasteiger partial charge in [-0.05, 0) is 12.1 Å². The number of rotatable bonds is 2. The molecule has 2 amide bonds. The number of carbonyl (C=O) groups is 3. The van der Waals surface area contributed by atoms with Crippen molar-refractivity contribution in [2.45, 2.75) is 26.2 Å². The Morgan fingerprint density at radius 3 is 2.22 bits per heavy atom. The Hall–Kier alpha value is -2.96. The summed E-state index contributed by atoms with van der Waals surface area (Å²) in [5.74, 6) is -2.22. The molecule has 2 heterocycles. The van der Waals surface area contributed by atoms with Gasteiger partial charge in [0.2, 0.25) is 0 Å². The largest absolute Gasteiger partial charge is 0.369 e. The molecule has 7 nitrogen and oxygen atoms in total. The van der Waals surface area contributed by atoms with Crippen molar-refractivity contribution in [2.24, 2.45) is 0 Å². The summed E-state index contributed by atoms with van der Waals surface area (Å²) in [5, 5.41) is 4.26. The van der Waals surface area contributed by atoms with Crippen molar-refractivity contribution in [3.05, 3.63) is 52.9 Å². The molecule has 0 saturated heterocycles. The van der Waals surface area contributed by atoms with Gasteiger partial charge in [-0.3, -0.25) is 9.59 Å². The van der Waals surface area contributed by atoms with Gasteiger partial charge in [0.15, 0.2) is 0 Å². The Morgan fingerprint density at radius 1 is 1.13 bits per heavy atom. The van der Waals surface area contributed by atoms with Crippen LogP contribution < -0.4 is 0 Å². The summed E-state index contributed by atoms with van der Waals surface area (Å²) in [5.41, 5.74) is 0.412. The number of hydrogen-bond donors (Lipinski definition) is 0.